The van der Waals surface area contributed by atoms with E-state index in [1.54, 1.807) is 44.4 Å². The minimum absolute atomic E-state index is 0.00291. The summed E-state index contributed by atoms with van der Waals surface area (Å²) in [5.74, 6) is -0.960. The molecule has 0 aromatic heterocycles. The number of benzene rings is 3. The van der Waals surface area contributed by atoms with Crippen molar-refractivity contribution >= 4 is 46.8 Å². The third-order valence-corrected chi connectivity index (χ3v) is 8.74. The molecule has 3 aromatic rings. The number of aryl methyl sites for hydroxylation is 1. The Hall–Kier alpha value is -4.94. The highest BCUT2D eigenvalue weighted by Crippen LogP contribution is 2.34. The van der Waals surface area contributed by atoms with Crippen LogP contribution in [-0.2, 0) is 20.9 Å². The largest absolute Gasteiger partial charge is 0.496 e. The maximum Gasteiger partial charge on any atom is 0.409 e. The van der Waals surface area contributed by atoms with E-state index in [0.29, 0.717) is 39.1 Å². The number of carbonyl (C=O) groups is 4. The predicted molar refractivity (Wildman–Crippen MR) is 169 cm³/mol. The summed E-state index contributed by atoms with van der Waals surface area (Å²) in [5, 5.41) is 22.3. The number of rotatable bonds is 9. The number of carbonyl (C=O) groups excluding carboxylic acids is 3. The van der Waals surface area contributed by atoms with Crippen LogP contribution in [0.15, 0.2) is 36.4 Å². The van der Waals surface area contributed by atoms with Crippen molar-refractivity contribution in [1.29, 1.82) is 0 Å². The first-order chi connectivity index (χ1) is 22.5. The maximum absolute atomic E-state index is 13.9. The minimum atomic E-state index is -1.16. The highest BCUT2D eigenvalue weighted by Gasteiger charge is 2.36. The highest BCUT2D eigenvalue weighted by molar-refractivity contribution is 6.26. The Morgan fingerprint density at radius 3 is 2.55 bits per heavy atom. The van der Waals surface area contributed by atoms with Crippen molar-refractivity contribution < 1.29 is 48.3 Å². The molecule has 6 rings (SSSR count). The van der Waals surface area contributed by atoms with Gasteiger partial charge in [0, 0.05) is 49.3 Å². The molecule has 3 amide bonds. The second-order valence-electron chi connectivity index (χ2n) is 12.0. The molecule has 246 valence electrons. The van der Waals surface area contributed by atoms with Gasteiger partial charge >= 0.3 is 12.1 Å². The Labute approximate surface area is 270 Å². The van der Waals surface area contributed by atoms with E-state index >= 15 is 0 Å². The normalized spacial score (nSPS) is 20.2. The number of ether oxygens (including phenoxy) is 4. The molecule has 2 aliphatic heterocycles. The third kappa shape index (κ3) is 6.26. The molecule has 12 nitrogen and oxygen atoms in total. The summed E-state index contributed by atoms with van der Waals surface area (Å²) < 4.78 is 22.3. The lowest BCUT2D eigenvalue weighted by Crippen LogP contribution is -2.48. The van der Waals surface area contributed by atoms with Crippen molar-refractivity contribution in [1.82, 2.24) is 9.80 Å². The van der Waals surface area contributed by atoms with Gasteiger partial charge in [-0.1, -0.05) is 18.2 Å². The van der Waals surface area contributed by atoms with Crippen molar-refractivity contribution in [3.63, 3.8) is 0 Å². The summed E-state index contributed by atoms with van der Waals surface area (Å²) in [6.07, 6.45) is 2.36. The average molecular weight is 645 g/mol. The van der Waals surface area contributed by atoms with Crippen molar-refractivity contribution in [2.75, 3.05) is 27.2 Å². The minimum Gasteiger partial charge on any atom is -0.496 e. The molecule has 12 heteroatoms. The fourth-order valence-corrected chi connectivity index (χ4v) is 6.30. The molecule has 1 saturated heterocycles. The van der Waals surface area contributed by atoms with Crippen molar-refractivity contribution in [2.45, 2.75) is 57.7 Å². The number of hydrogen-bond acceptors (Lipinski definition) is 9. The molecule has 2 heterocycles. The molecular weight excluding hydrogens is 608 g/mol. The molecule has 3 aromatic carbocycles. The average Bonchev–Trinajstić information content (AvgIpc) is 3.05. The van der Waals surface area contributed by atoms with E-state index in [-0.39, 0.29) is 32.5 Å². The molecule has 1 fully saturated rings. The topological polar surface area (TPSA) is 152 Å². The summed E-state index contributed by atoms with van der Waals surface area (Å²) in [7, 11) is 3.10. The lowest BCUT2D eigenvalue weighted by atomic mass is 9.89. The van der Waals surface area contributed by atoms with Crippen molar-refractivity contribution in [3.05, 3.63) is 69.1 Å². The first-order valence-corrected chi connectivity index (χ1v) is 15.5. The number of carboxylic acid groups (broad SMARTS) is 1. The van der Waals surface area contributed by atoms with Crippen LogP contribution in [0.1, 0.15) is 57.5 Å². The number of nitrogens with zero attached hydrogens (tertiary/aromatic N) is 2. The summed E-state index contributed by atoms with van der Waals surface area (Å²) in [4.78, 5) is 54.1. The van der Waals surface area contributed by atoms with Crippen LogP contribution >= 0.6 is 0 Å². The summed E-state index contributed by atoms with van der Waals surface area (Å²) >= 11 is 0. The van der Waals surface area contributed by atoms with E-state index in [0.717, 1.165) is 28.7 Å². The fraction of sp³-hybridized carbons (Fsp3) is 0.371. The van der Waals surface area contributed by atoms with Crippen LogP contribution in [0.5, 0.6) is 11.5 Å². The molecule has 2 N–H and O–H groups in total. The number of hydrogen-bond donors (Lipinski definition) is 2. The van der Waals surface area contributed by atoms with Gasteiger partial charge in [-0.3, -0.25) is 14.5 Å². The smallest absolute Gasteiger partial charge is 0.409 e. The van der Waals surface area contributed by atoms with Gasteiger partial charge in [0.15, 0.2) is 6.10 Å². The monoisotopic (exact) mass is 644 g/mol. The Morgan fingerprint density at radius 2 is 1.81 bits per heavy atom. The molecular formula is C35H36N2O10. The number of aliphatic hydroxyl groups is 1. The van der Waals surface area contributed by atoms with Gasteiger partial charge < -0.3 is 34.1 Å². The Bertz CT molecular complexity index is 1900. The third-order valence-electron chi connectivity index (χ3n) is 8.74. The van der Waals surface area contributed by atoms with E-state index in [1.807, 2.05) is 12.1 Å². The molecule has 0 bridgehead atoms. The van der Waals surface area contributed by atoms with Gasteiger partial charge in [0.25, 0.3) is 11.8 Å². The first kappa shape index (κ1) is 32.0. The van der Waals surface area contributed by atoms with Crippen molar-refractivity contribution in [2.24, 2.45) is 0 Å². The summed E-state index contributed by atoms with van der Waals surface area (Å²) in [6, 6.07) is 10.5. The van der Waals surface area contributed by atoms with Gasteiger partial charge in [-0.25, -0.2) is 9.59 Å². The van der Waals surface area contributed by atoms with Gasteiger partial charge in [0.1, 0.15) is 18.1 Å². The van der Waals surface area contributed by atoms with Crippen molar-refractivity contribution in [3.8, 4) is 11.5 Å². The number of aliphatic carboxylic acids is 1. The van der Waals surface area contributed by atoms with Gasteiger partial charge in [-0.05, 0) is 71.7 Å². The van der Waals surface area contributed by atoms with Gasteiger partial charge in [-0.15, -0.1) is 0 Å². The van der Waals surface area contributed by atoms with Gasteiger partial charge in [0.05, 0.1) is 18.8 Å². The zero-order valence-electron chi connectivity index (χ0n) is 26.4. The quantitative estimate of drug-likeness (QED) is 0.333. The van der Waals surface area contributed by atoms with Gasteiger partial charge in [0.2, 0.25) is 6.29 Å². The second kappa shape index (κ2) is 13.0. The lowest BCUT2D eigenvalue weighted by molar-refractivity contribution is -0.195. The maximum atomic E-state index is 13.9. The van der Waals surface area contributed by atoms with Crippen LogP contribution in [0, 0.1) is 6.92 Å². The van der Waals surface area contributed by atoms with E-state index in [9.17, 15) is 29.4 Å². The second-order valence-corrected chi connectivity index (χ2v) is 12.0. The summed E-state index contributed by atoms with van der Waals surface area (Å²) in [6.45, 7) is 1.79. The molecule has 0 radical (unpaired) electrons. The van der Waals surface area contributed by atoms with Crippen LogP contribution in [0.3, 0.4) is 0 Å². The van der Waals surface area contributed by atoms with E-state index in [1.165, 1.54) is 16.8 Å². The number of carboxylic acids is 1. The summed E-state index contributed by atoms with van der Waals surface area (Å²) in [5.41, 5.74) is 2.28. The lowest BCUT2D eigenvalue weighted by Gasteiger charge is -2.31. The molecule has 1 aliphatic carbocycles. The van der Waals surface area contributed by atoms with E-state index < -0.39 is 42.4 Å². The standard InChI is InChI=1S/C35H36N2O10/c1-19-14-20(8-10-26(19)46-29-17-22(38)16-28(47-29)34(41)42)18-45-35(43)36(2)12-13-37-32(39)24-9-11-27(44-3)25-15-21-6-4-5-7-23(21)31(30(24)25)33(37)40/h6-11,14-15,22,28-29,38H,4-5,12-13,16-18H2,1-3H3,(H,41,42). The predicted octanol–water partition coefficient (Wildman–Crippen LogP) is 2.71. The molecule has 0 spiro atoms. The van der Waals surface area contributed by atoms with E-state index in [2.05, 4.69) is 6.08 Å². The zero-order valence-corrected chi connectivity index (χ0v) is 26.4. The first-order valence-electron chi connectivity index (χ1n) is 15.5. The van der Waals surface area contributed by atoms with E-state index in [4.69, 9.17) is 18.9 Å². The Morgan fingerprint density at radius 1 is 1.04 bits per heavy atom. The highest BCUT2D eigenvalue weighted by atomic mass is 16.7. The molecule has 47 heavy (non-hydrogen) atoms. The molecule has 0 saturated carbocycles. The SMILES string of the molecule is COc1ccc2c3c(c4c(cc13)=CCCC=4)C(=O)N(CCN(C)C(=O)OCc1ccc(OC3CC(O)CC(C(=O)O)O3)c(C)c1)C2=O. The van der Waals surface area contributed by atoms with Crippen LogP contribution in [0.2, 0.25) is 0 Å². The number of fused-ring (bicyclic) bond motifs is 2. The van der Waals surface area contributed by atoms with Crippen LogP contribution in [-0.4, -0.2) is 89.6 Å². The molecule has 3 unspecified atom stereocenters. The van der Waals surface area contributed by atoms with Gasteiger partial charge in [-0.2, -0.15) is 0 Å². The number of likely N-dealkylation sites (N-methyl/N-ethyl adjacent to an activating group) is 1. The zero-order chi connectivity index (χ0) is 33.4. The molecule has 3 atom stereocenters. The number of imide groups is 1. The Balaban J connectivity index is 1.09. The number of methoxy groups -OCH3 is 1. The van der Waals surface area contributed by atoms with Crippen LogP contribution < -0.4 is 19.9 Å². The Kier molecular flexibility index (Phi) is 8.89. The van der Waals surface area contributed by atoms with Crippen LogP contribution in [0.4, 0.5) is 4.79 Å². The number of aliphatic hydroxyl groups excluding tert-OH is 1. The molecule has 3 aliphatic rings. The van der Waals surface area contributed by atoms with Crippen LogP contribution in [0.25, 0.3) is 22.9 Å². The fourth-order valence-electron chi connectivity index (χ4n) is 6.30. The number of amides is 3.